The van der Waals surface area contributed by atoms with Gasteiger partial charge in [-0.05, 0) is 37.1 Å². The van der Waals surface area contributed by atoms with Crippen LogP contribution in [0.25, 0.3) is 5.82 Å². The normalized spacial score (nSPS) is 16.8. The van der Waals surface area contributed by atoms with Gasteiger partial charge in [-0.15, -0.1) is 0 Å². The lowest BCUT2D eigenvalue weighted by molar-refractivity contribution is 0.648. The van der Waals surface area contributed by atoms with Crippen LogP contribution in [0.3, 0.4) is 0 Å². The van der Waals surface area contributed by atoms with E-state index in [2.05, 4.69) is 67.7 Å². The average Bonchev–Trinajstić information content (AvgIpc) is 3.44. The van der Waals surface area contributed by atoms with Gasteiger partial charge in [0, 0.05) is 57.0 Å². The summed E-state index contributed by atoms with van der Waals surface area (Å²) in [6, 6.07) is 13.2. The Kier molecular flexibility index (Phi) is 5.74. The van der Waals surface area contributed by atoms with Crippen molar-refractivity contribution in [3.05, 3.63) is 72.4 Å². The van der Waals surface area contributed by atoms with Gasteiger partial charge >= 0.3 is 0 Å². The van der Waals surface area contributed by atoms with Gasteiger partial charge in [0.25, 0.3) is 0 Å². The summed E-state index contributed by atoms with van der Waals surface area (Å²) < 4.78 is 1.89. The molecule has 0 amide bonds. The van der Waals surface area contributed by atoms with Gasteiger partial charge in [-0.3, -0.25) is 9.56 Å². The van der Waals surface area contributed by atoms with Crippen LogP contribution in [-0.2, 0) is 6.54 Å². The highest BCUT2D eigenvalue weighted by Gasteiger charge is 2.23. The number of aliphatic imine (C=N–C) groups is 1. The number of anilines is 1. The molecule has 150 valence electrons. The minimum atomic E-state index is 0.379. The molecule has 2 N–H and O–H groups in total. The van der Waals surface area contributed by atoms with E-state index in [0.717, 1.165) is 36.9 Å². The van der Waals surface area contributed by atoms with Crippen molar-refractivity contribution >= 4 is 11.6 Å². The first-order valence-corrected chi connectivity index (χ1v) is 9.93. The van der Waals surface area contributed by atoms with E-state index in [1.807, 2.05) is 30.1 Å². The molecule has 0 radical (unpaired) electrons. The van der Waals surface area contributed by atoms with E-state index >= 15 is 0 Å². The van der Waals surface area contributed by atoms with Crippen molar-refractivity contribution in [2.24, 2.45) is 4.99 Å². The van der Waals surface area contributed by atoms with Crippen molar-refractivity contribution in [3.8, 4) is 5.82 Å². The van der Waals surface area contributed by atoms with Crippen LogP contribution in [0.4, 0.5) is 5.69 Å². The number of aromatic nitrogens is 3. The molecule has 7 heteroatoms. The molecule has 1 aromatic carbocycles. The van der Waals surface area contributed by atoms with Crippen molar-refractivity contribution in [2.45, 2.75) is 25.9 Å². The van der Waals surface area contributed by atoms with E-state index < -0.39 is 0 Å². The molecule has 0 aliphatic carbocycles. The summed E-state index contributed by atoms with van der Waals surface area (Å²) in [6.45, 7) is 4.82. The molecule has 29 heavy (non-hydrogen) atoms. The van der Waals surface area contributed by atoms with Crippen molar-refractivity contribution in [1.82, 2.24) is 25.2 Å². The van der Waals surface area contributed by atoms with E-state index in [-0.39, 0.29) is 0 Å². The number of nitrogens with one attached hydrogen (secondary N) is 2. The van der Waals surface area contributed by atoms with Crippen molar-refractivity contribution < 1.29 is 0 Å². The van der Waals surface area contributed by atoms with Crippen LogP contribution in [-0.4, -0.2) is 46.7 Å². The summed E-state index contributed by atoms with van der Waals surface area (Å²) in [7, 11) is 1.81. The Balaban J connectivity index is 1.28. The first-order valence-electron chi connectivity index (χ1n) is 9.93. The third kappa shape index (κ3) is 4.74. The molecule has 1 fully saturated rings. The SMILES string of the molecule is CN=C(NCc1ccc(-n2ccnc2)nc1)NC1CCN(c2ccc(C)cc2)C1. The Morgan fingerprint density at radius 3 is 2.76 bits per heavy atom. The minimum absolute atomic E-state index is 0.379. The highest BCUT2D eigenvalue weighted by Crippen LogP contribution is 2.20. The second kappa shape index (κ2) is 8.77. The number of pyridine rings is 1. The van der Waals surface area contributed by atoms with Gasteiger partial charge in [-0.25, -0.2) is 9.97 Å². The van der Waals surface area contributed by atoms with Crippen molar-refractivity contribution in [2.75, 3.05) is 25.0 Å². The lowest BCUT2D eigenvalue weighted by Crippen LogP contribution is -2.44. The fourth-order valence-corrected chi connectivity index (χ4v) is 3.51. The maximum Gasteiger partial charge on any atom is 0.191 e. The summed E-state index contributed by atoms with van der Waals surface area (Å²) >= 11 is 0. The van der Waals surface area contributed by atoms with Crippen LogP contribution in [0.2, 0.25) is 0 Å². The number of rotatable bonds is 5. The Bertz CT molecular complexity index is 930. The van der Waals surface area contributed by atoms with Crippen LogP contribution in [0.1, 0.15) is 17.5 Å². The van der Waals surface area contributed by atoms with Crippen molar-refractivity contribution in [3.63, 3.8) is 0 Å². The monoisotopic (exact) mass is 389 g/mol. The Morgan fingerprint density at radius 2 is 2.07 bits per heavy atom. The number of benzene rings is 1. The molecule has 1 atom stereocenters. The van der Waals surface area contributed by atoms with E-state index in [0.29, 0.717) is 12.6 Å². The quantitative estimate of drug-likeness (QED) is 0.518. The molecule has 4 rings (SSSR count). The summed E-state index contributed by atoms with van der Waals surface area (Å²) in [4.78, 5) is 15.3. The van der Waals surface area contributed by atoms with Gasteiger partial charge in [-0.2, -0.15) is 0 Å². The van der Waals surface area contributed by atoms with Crippen LogP contribution < -0.4 is 15.5 Å². The first kappa shape index (κ1) is 19.0. The number of hydrogen-bond acceptors (Lipinski definition) is 4. The summed E-state index contributed by atoms with van der Waals surface area (Å²) in [5.74, 6) is 1.68. The van der Waals surface area contributed by atoms with Crippen molar-refractivity contribution in [1.29, 1.82) is 0 Å². The molecule has 0 bridgehead atoms. The molecule has 1 unspecified atom stereocenters. The molecule has 1 saturated heterocycles. The molecule has 7 nitrogen and oxygen atoms in total. The van der Waals surface area contributed by atoms with Crippen LogP contribution in [0.15, 0.2) is 66.3 Å². The number of nitrogens with zero attached hydrogens (tertiary/aromatic N) is 5. The second-order valence-electron chi connectivity index (χ2n) is 7.33. The van der Waals surface area contributed by atoms with Gasteiger partial charge in [0.1, 0.15) is 12.1 Å². The third-order valence-electron chi connectivity index (χ3n) is 5.19. The fourth-order valence-electron chi connectivity index (χ4n) is 3.51. The smallest absolute Gasteiger partial charge is 0.191 e. The van der Waals surface area contributed by atoms with Crippen LogP contribution >= 0.6 is 0 Å². The standard InChI is InChI=1S/C22H27N7/c1-17-3-6-20(7-4-17)28-11-9-19(15-28)27-22(23-2)26-14-18-5-8-21(25-13-18)29-12-10-24-16-29/h3-8,10,12-13,16,19H,9,11,14-15H2,1-2H3,(H2,23,26,27). The lowest BCUT2D eigenvalue weighted by Gasteiger charge is -2.20. The first-order chi connectivity index (χ1) is 14.2. The highest BCUT2D eigenvalue weighted by molar-refractivity contribution is 5.80. The van der Waals surface area contributed by atoms with E-state index in [1.54, 1.807) is 12.5 Å². The van der Waals surface area contributed by atoms with E-state index in [9.17, 15) is 0 Å². The molecule has 0 spiro atoms. The molecule has 1 aliphatic heterocycles. The Morgan fingerprint density at radius 1 is 1.21 bits per heavy atom. The molecule has 3 aromatic rings. The van der Waals surface area contributed by atoms with Gasteiger partial charge in [0.05, 0.1) is 0 Å². The van der Waals surface area contributed by atoms with E-state index in [4.69, 9.17) is 0 Å². The fraction of sp³-hybridized carbons (Fsp3) is 0.318. The van der Waals surface area contributed by atoms with Gasteiger partial charge in [0.15, 0.2) is 5.96 Å². The number of hydrogen-bond donors (Lipinski definition) is 2. The highest BCUT2D eigenvalue weighted by atomic mass is 15.2. The maximum absolute atomic E-state index is 4.49. The lowest BCUT2D eigenvalue weighted by atomic mass is 10.2. The summed E-state index contributed by atoms with van der Waals surface area (Å²) in [5, 5.41) is 6.94. The number of guanidine groups is 1. The number of imidazole rings is 1. The Hall–Kier alpha value is -3.35. The largest absolute Gasteiger partial charge is 0.369 e. The molecule has 0 saturated carbocycles. The second-order valence-corrected chi connectivity index (χ2v) is 7.33. The average molecular weight is 390 g/mol. The van der Waals surface area contributed by atoms with Gasteiger partial charge in [0.2, 0.25) is 0 Å². The van der Waals surface area contributed by atoms with Crippen LogP contribution in [0, 0.1) is 6.92 Å². The third-order valence-corrected chi connectivity index (χ3v) is 5.19. The summed E-state index contributed by atoms with van der Waals surface area (Å²) in [5.41, 5.74) is 3.68. The zero-order valence-corrected chi connectivity index (χ0v) is 16.9. The number of aryl methyl sites for hydroxylation is 1. The maximum atomic E-state index is 4.49. The van der Waals surface area contributed by atoms with E-state index in [1.165, 1.54) is 11.3 Å². The molecule has 2 aromatic heterocycles. The minimum Gasteiger partial charge on any atom is -0.369 e. The molecular weight excluding hydrogens is 362 g/mol. The zero-order valence-electron chi connectivity index (χ0n) is 16.9. The van der Waals surface area contributed by atoms with Crippen LogP contribution in [0.5, 0.6) is 0 Å². The predicted octanol–water partition coefficient (Wildman–Crippen LogP) is 2.52. The summed E-state index contributed by atoms with van der Waals surface area (Å²) in [6.07, 6.45) is 8.34. The van der Waals surface area contributed by atoms with Gasteiger partial charge < -0.3 is 15.5 Å². The Labute approximate surface area is 171 Å². The molecular formula is C22H27N7. The topological polar surface area (TPSA) is 70.4 Å². The molecule has 3 heterocycles. The zero-order chi connectivity index (χ0) is 20.1. The predicted molar refractivity (Wildman–Crippen MR) is 116 cm³/mol. The molecule has 1 aliphatic rings. The van der Waals surface area contributed by atoms with Gasteiger partial charge in [-0.1, -0.05) is 23.8 Å².